The Morgan fingerprint density at radius 3 is 2.75 bits per heavy atom. The third-order valence-electron chi connectivity index (χ3n) is 2.72. The van der Waals surface area contributed by atoms with Crippen LogP contribution in [0.25, 0.3) is 10.9 Å². The third kappa shape index (κ3) is 3.12. The quantitative estimate of drug-likeness (QED) is 0.688. The van der Waals surface area contributed by atoms with Gasteiger partial charge in [-0.1, -0.05) is 17.7 Å². The Bertz CT molecular complexity index is 727. The molecule has 5 heteroatoms. The molecular formula is C15H16N2O3. The Morgan fingerprint density at radius 2 is 2.05 bits per heavy atom. The zero-order valence-corrected chi connectivity index (χ0v) is 11.6. The molecule has 1 heterocycles. The topological polar surface area (TPSA) is 72.0 Å². The SMILES string of the molecule is CC(C)=CC(=O)O[C@H](C)c1nc2ccccc2c(=O)[nH]1. The molecule has 1 N–H and O–H groups in total. The second kappa shape index (κ2) is 5.69. The Hall–Kier alpha value is -2.43. The third-order valence-corrected chi connectivity index (χ3v) is 2.72. The monoisotopic (exact) mass is 272 g/mol. The zero-order valence-electron chi connectivity index (χ0n) is 11.6. The fourth-order valence-corrected chi connectivity index (χ4v) is 1.80. The van der Waals surface area contributed by atoms with Crippen molar-refractivity contribution in [3.63, 3.8) is 0 Å². The molecule has 5 nitrogen and oxygen atoms in total. The lowest BCUT2D eigenvalue weighted by atomic mass is 10.2. The van der Waals surface area contributed by atoms with Gasteiger partial charge in [0, 0.05) is 6.08 Å². The summed E-state index contributed by atoms with van der Waals surface area (Å²) in [5.41, 5.74) is 1.19. The minimum absolute atomic E-state index is 0.240. The minimum Gasteiger partial charge on any atom is -0.451 e. The van der Waals surface area contributed by atoms with Gasteiger partial charge in [-0.05, 0) is 32.9 Å². The van der Waals surface area contributed by atoms with Gasteiger partial charge in [-0.25, -0.2) is 9.78 Å². The molecule has 1 aromatic carbocycles. The van der Waals surface area contributed by atoms with E-state index in [-0.39, 0.29) is 5.56 Å². The number of H-pyrrole nitrogens is 1. The fraction of sp³-hybridized carbons (Fsp3) is 0.267. The van der Waals surface area contributed by atoms with Gasteiger partial charge < -0.3 is 9.72 Å². The summed E-state index contributed by atoms with van der Waals surface area (Å²) in [6, 6.07) is 7.03. The summed E-state index contributed by atoms with van der Waals surface area (Å²) >= 11 is 0. The van der Waals surface area contributed by atoms with Crippen LogP contribution in [0.5, 0.6) is 0 Å². The van der Waals surface area contributed by atoms with Crippen molar-refractivity contribution in [2.75, 3.05) is 0 Å². The first kappa shape index (κ1) is 14.0. The first-order chi connectivity index (χ1) is 9.47. The molecule has 1 aromatic heterocycles. The van der Waals surface area contributed by atoms with E-state index in [4.69, 9.17) is 4.74 Å². The van der Waals surface area contributed by atoms with E-state index < -0.39 is 12.1 Å². The van der Waals surface area contributed by atoms with Crippen LogP contribution in [0.4, 0.5) is 0 Å². The largest absolute Gasteiger partial charge is 0.451 e. The number of nitrogens with one attached hydrogen (secondary N) is 1. The molecular weight excluding hydrogens is 256 g/mol. The van der Waals surface area contributed by atoms with E-state index in [0.717, 1.165) is 5.57 Å². The number of fused-ring (bicyclic) bond motifs is 1. The highest BCUT2D eigenvalue weighted by atomic mass is 16.5. The number of hydrogen-bond donors (Lipinski definition) is 1. The van der Waals surface area contributed by atoms with Gasteiger partial charge in [0.1, 0.15) is 0 Å². The first-order valence-electron chi connectivity index (χ1n) is 6.32. The van der Waals surface area contributed by atoms with E-state index in [2.05, 4.69) is 9.97 Å². The number of aromatic amines is 1. The summed E-state index contributed by atoms with van der Waals surface area (Å²) in [5.74, 6) is -0.113. The number of carbonyl (C=O) groups is 1. The summed E-state index contributed by atoms with van der Waals surface area (Å²) in [6.45, 7) is 5.29. The van der Waals surface area contributed by atoms with Crippen LogP contribution in [-0.2, 0) is 9.53 Å². The van der Waals surface area contributed by atoms with Crippen LogP contribution < -0.4 is 5.56 Å². The number of benzene rings is 1. The number of aromatic nitrogens is 2. The number of para-hydroxylation sites is 1. The summed E-state index contributed by atoms with van der Waals surface area (Å²) in [6.07, 6.45) is 0.783. The van der Waals surface area contributed by atoms with Crippen LogP contribution >= 0.6 is 0 Å². The molecule has 0 radical (unpaired) electrons. The highest BCUT2D eigenvalue weighted by Crippen LogP contribution is 2.14. The van der Waals surface area contributed by atoms with E-state index >= 15 is 0 Å². The van der Waals surface area contributed by atoms with Gasteiger partial charge in [-0.3, -0.25) is 4.79 Å². The molecule has 0 bridgehead atoms. The molecule has 0 saturated carbocycles. The van der Waals surface area contributed by atoms with Crippen molar-refractivity contribution >= 4 is 16.9 Å². The molecule has 2 rings (SSSR count). The second-order valence-corrected chi connectivity index (χ2v) is 4.77. The maximum atomic E-state index is 11.9. The summed E-state index contributed by atoms with van der Waals surface area (Å²) in [7, 11) is 0. The normalized spacial score (nSPS) is 11.9. The predicted molar refractivity (Wildman–Crippen MR) is 76.3 cm³/mol. The van der Waals surface area contributed by atoms with Gasteiger partial charge in [0.2, 0.25) is 0 Å². The maximum Gasteiger partial charge on any atom is 0.331 e. The lowest BCUT2D eigenvalue weighted by Crippen LogP contribution is -2.16. The molecule has 104 valence electrons. The zero-order chi connectivity index (χ0) is 14.7. The molecule has 0 fully saturated rings. The van der Waals surface area contributed by atoms with Crippen LogP contribution in [0.2, 0.25) is 0 Å². The number of allylic oxidation sites excluding steroid dienone is 1. The fourth-order valence-electron chi connectivity index (χ4n) is 1.80. The molecule has 0 spiro atoms. The molecule has 0 saturated heterocycles. The number of hydrogen-bond acceptors (Lipinski definition) is 4. The average Bonchev–Trinajstić information content (AvgIpc) is 2.37. The van der Waals surface area contributed by atoms with Gasteiger partial charge >= 0.3 is 5.97 Å². The molecule has 1 atom stereocenters. The number of nitrogens with zero attached hydrogens (tertiary/aromatic N) is 1. The van der Waals surface area contributed by atoms with E-state index in [1.165, 1.54) is 6.08 Å². The van der Waals surface area contributed by atoms with Crippen molar-refractivity contribution in [3.05, 3.63) is 52.1 Å². The number of carbonyl (C=O) groups excluding carboxylic acids is 1. The Balaban J connectivity index is 2.31. The number of esters is 1. The maximum absolute atomic E-state index is 11.9. The average molecular weight is 272 g/mol. The van der Waals surface area contributed by atoms with Crippen molar-refractivity contribution < 1.29 is 9.53 Å². The van der Waals surface area contributed by atoms with Crippen molar-refractivity contribution in [1.29, 1.82) is 0 Å². The van der Waals surface area contributed by atoms with Gasteiger partial charge in [0.15, 0.2) is 11.9 Å². The van der Waals surface area contributed by atoms with Crippen LogP contribution in [0.3, 0.4) is 0 Å². The Labute approximate surface area is 116 Å². The van der Waals surface area contributed by atoms with Crippen LogP contribution in [0.15, 0.2) is 40.7 Å². The van der Waals surface area contributed by atoms with Gasteiger partial charge in [0.25, 0.3) is 5.56 Å². The predicted octanol–water partition coefficient (Wildman–Crippen LogP) is 2.49. The lowest BCUT2D eigenvalue weighted by molar-refractivity contribution is -0.142. The highest BCUT2D eigenvalue weighted by Gasteiger charge is 2.14. The van der Waals surface area contributed by atoms with Crippen molar-refractivity contribution in [2.24, 2.45) is 0 Å². The molecule has 20 heavy (non-hydrogen) atoms. The number of rotatable bonds is 3. The van der Waals surface area contributed by atoms with Gasteiger partial charge in [0.05, 0.1) is 10.9 Å². The first-order valence-corrected chi connectivity index (χ1v) is 6.32. The summed E-state index contributed by atoms with van der Waals surface area (Å²) in [5, 5.41) is 0.513. The summed E-state index contributed by atoms with van der Waals surface area (Å²) < 4.78 is 5.20. The summed E-state index contributed by atoms with van der Waals surface area (Å²) in [4.78, 5) is 30.4. The van der Waals surface area contributed by atoms with E-state index in [0.29, 0.717) is 16.7 Å². The smallest absolute Gasteiger partial charge is 0.331 e. The van der Waals surface area contributed by atoms with Gasteiger partial charge in [-0.15, -0.1) is 0 Å². The standard InChI is InChI=1S/C15H16N2O3/c1-9(2)8-13(18)20-10(3)14-16-12-7-5-4-6-11(12)15(19)17-14/h4-8,10H,1-3H3,(H,16,17,19)/t10-/m1/s1. The molecule has 0 unspecified atom stereocenters. The molecule has 0 amide bonds. The highest BCUT2D eigenvalue weighted by molar-refractivity contribution is 5.82. The second-order valence-electron chi connectivity index (χ2n) is 4.77. The lowest BCUT2D eigenvalue weighted by Gasteiger charge is -2.11. The molecule has 2 aromatic rings. The van der Waals surface area contributed by atoms with Gasteiger partial charge in [-0.2, -0.15) is 0 Å². The Kier molecular flexibility index (Phi) is 3.98. The molecule has 0 aliphatic heterocycles. The van der Waals surface area contributed by atoms with E-state index in [9.17, 15) is 9.59 Å². The van der Waals surface area contributed by atoms with Crippen molar-refractivity contribution in [3.8, 4) is 0 Å². The Morgan fingerprint density at radius 1 is 1.35 bits per heavy atom. The molecule has 0 aliphatic rings. The van der Waals surface area contributed by atoms with Crippen LogP contribution in [0, 0.1) is 0 Å². The minimum atomic E-state index is -0.615. The van der Waals surface area contributed by atoms with E-state index in [1.54, 1.807) is 31.2 Å². The molecule has 0 aliphatic carbocycles. The van der Waals surface area contributed by atoms with Crippen molar-refractivity contribution in [2.45, 2.75) is 26.9 Å². The van der Waals surface area contributed by atoms with Crippen LogP contribution in [0.1, 0.15) is 32.7 Å². The number of ether oxygens (including phenoxy) is 1. The van der Waals surface area contributed by atoms with Crippen LogP contribution in [-0.4, -0.2) is 15.9 Å². The van der Waals surface area contributed by atoms with E-state index in [1.807, 2.05) is 13.8 Å². The van der Waals surface area contributed by atoms with Crippen molar-refractivity contribution in [1.82, 2.24) is 9.97 Å².